The van der Waals surface area contributed by atoms with E-state index >= 15 is 0 Å². The van der Waals surface area contributed by atoms with Crippen LogP contribution in [0.1, 0.15) is 74.6 Å². The standard InChI is InChI=1S/C23H31FN2O7S.Na/c24-21-15-16-25-23(26-21)33-20-14-10-9-13-19(20)22(27)31-17-11-7-5-3-1-2-4-6-8-12-18-32-34(28,29)30;/h9-10,13-16H,1-8,11-12,17-18H2,(H,28,29,30);/q;+1/p-1. The molecular formula is C23H30FN2NaO7S. The van der Waals surface area contributed by atoms with Crippen LogP contribution in [0, 0.1) is 5.95 Å². The van der Waals surface area contributed by atoms with Crippen molar-refractivity contribution in [3.63, 3.8) is 0 Å². The predicted molar refractivity (Wildman–Crippen MR) is 121 cm³/mol. The Morgan fingerprint density at radius 3 is 2.06 bits per heavy atom. The number of carbonyl (C=O) groups excluding carboxylic acids is 1. The Kier molecular flexibility index (Phi) is 15.9. The Bertz CT molecular complexity index is 995. The fraction of sp³-hybridized carbons (Fsp3) is 0.522. The van der Waals surface area contributed by atoms with Gasteiger partial charge < -0.3 is 14.0 Å². The number of hydrogen-bond donors (Lipinski definition) is 0. The fourth-order valence-corrected chi connectivity index (χ4v) is 3.54. The Morgan fingerprint density at radius 1 is 0.886 bits per heavy atom. The van der Waals surface area contributed by atoms with Gasteiger partial charge in [-0.3, -0.25) is 4.18 Å². The molecule has 9 nitrogen and oxygen atoms in total. The largest absolute Gasteiger partial charge is 1.00 e. The smallest absolute Gasteiger partial charge is 0.726 e. The number of benzene rings is 1. The van der Waals surface area contributed by atoms with Crippen molar-refractivity contribution in [3.8, 4) is 11.8 Å². The van der Waals surface area contributed by atoms with Crippen molar-refractivity contribution in [3.05, 3.63) is 48.0 Å². The molecule has 0 amide bonds. The van der Waals surface area contributed by atoms with Gasteiger partial charge in [0.1, 0.15) is 11.3 Å². The van der Waals surface area contributed by atoms with Crippen LogP contribution in [0.5, 0.6) is 11.8 Å². The fourth-order valence-electron chi connectivity index (χ4n) is 3.21. The number of rotatable bonds is 17. The molecule has 2 rings (SSSR count). The molecule has 35 heavy (non-hydrogen) atoms. The van der Waals surface area contributed by atoms with Crippen LogP contribution in [0.3, 0.4) is 0 Å². The molecule has 0 atom stereocenters. The number of unbranched alkanes of at least 4 members (excludes halogenated alkanes) is 9. The molecule has 0 aliphatic heterocycles. The molecule has 0 spiro atoms. The number of esters is 1. The number of aromatic nitrogens is 2. The van der Waals surface area contributed by atoms with Crippen LogP contribution >= 0.6 is 0 Å². The van der Waals surface area contributed by atoms with E-state index in [1.54, 1.807) is 24.3 Å². The summed E-state index contributed by atoms with van der Waals surface area (Å²) in [6.07, 6.45) is 10.7. The van der Waals surface area contributed by atoms with E-state index in [-0.39, 0.29) is 53.5 Å². The van der Waals surface area contributed by atoms with Gasteiger partial charge in [0.2, 0.25) is 16.3 Å². The monoisotopic (exact) mass is 520 g/mol. The molecular weight excluding hydrogens is 490 g/mol. The van der Waals surface area contributed by atoms with Gasteiger partial charge in [0.05, 0.1) is 13.2 Å². The molecule has 12 heteroatoms. The summed E-state index contributed by atoms with van der Waals surface area (Å²) in [5, 5.41) is 0. The molecule has 0 radical (unpaired) electrons. The summed E-state index contributed by atoms with van der Waals surface area (Å²) in [6.45, 7) is 0.251. The second kappa shape index (κ2) is 17.7. The summed E-state index contributed by atoms with van der Waals surface area (Å²) in [5.74, 6) is -1.06. The SMILES string of the molecule is O=C(OCCCCCCCCCCCCOS(=O)(=O)[O-])c1ccccc1Oc1nccc(F)n1.[Na+]. The first-order valence-corrected chi connectivity index (χ1v) is 12.7. The third-order valence-corrected chi connectivity index (χ3v) is 5.36. The van der Waals surface area contributed by atoms with E-state index < -0.39 is 22.3 Å². The summed E-state index contributed by atoms with van der Waals surface area (Å²) in [6, 6.07) is 7.40. The molecule has 0 saturated heterocycles. The topological polar surface area (TPSA) is 128 Å². The van der Waals surface area contributed by atoms with E-state index in [9.17, 15) is 22.2 Å². The minimum Gasteiger partial charge on any atom is -0.726 e. The van der Waals surface area contributed by atoms with Crippen molar-refractivity contribution in [2.24, 2.45) is 0 Å². The molecule has 0 saturated carbocycles. The average Bonchev–Trinajstić information content (AvgIpc) is 2.79. The molecule has 0 unspecified atom stereocenters. The maximum absolute atomic E-state index is 13.2. The van der Waals surface area contributed by atoms with E-state index in [2.05, 4.69) is 14.2 Å². The summed E-state index contributed by atoms with van der Waals surface area (Å²) in [4.78, 5) is 19.8. The molecule has 1 heterocycles. The van der Waals surface area contributed by atoms with Gasteiger partial charge in [-0.2, -0.15) is 9.37 Å². The molecule has 1 aromatic carbocycles. The summed E-state index contributed by atoms with van der Waals surface area (Å²) in [7, 11) is -4.57. The van der Waals surface area contributed by atoms with Crippen molar-refractivity contribution < 1.29 is 65.4 Å². The third kappa shape index (κ3) is 14.5. The van der Waals surface area contributed by atoms with Crippen LogP contribution in [0.25, 0.3) is 0 Å². The number of para-hydroxylation sites is 1. The first-order valence-electron chi connectivity index (χ1n) is 11.4. The second-order valence-corrected chi connectivity index (χ2v) is 8.71. The molecule has 188 valence electrons. The van der Waals surface area contributed by atoms with Crippen molar-refractivity contribution in [2.75, 3.05) is 13.2 Å². The minimum atomic E-state index is -4.57. The van der Waals surface area contributed by atoms with Gasteiger partial charge in [0.15, 0.2) is 0 Å². The minimum absolute atomic E-state index is 0. The van der Waals surface area contributed by atoms with E-state index in [0.717, 1.165) is 63.9 Å². The normalized spacial score (nSPS) is 11.0. The summed E-state index contributed by atoms with van der Waals surface area (Å²) < 4.78 is 59.0. The predicted octanol–water partition coefficient (Wildman–Crippen LogP) is 1.95. The van der Waals surface area contributed by atoms with Gasteiger partial charge in [0, 0.05) is 12.3 Å². The number of carbonyl (C=O) groups is 1. The average molecular weight is 521 g/mol. The first-order chi connectivity index (χ1) is 16.3. The van der Waals surface area contributed by atoms with Crippen molar-refractivity contribution in [2.45, 2.75) is 64.2 Å². The maximum Gasteiger partial charge on any atom is 1.00 e. The Hall–Kier alpha value is -1.63. The Labute approximate surface area is 228 Å². The summed E-state index contributed by atoms with van der Waals surface area (Å²) in [5.41, 5.74) is 0.219. The first kappa shape index (κ1) is 31.4. The zero-order valence-corrected chi connectivity index (χ0v) is 22.8. The van der Waals surface area contributed by atoms with Crippen LogP contribution in [0.15, 0.2) is 36.5 Å². The molecule has 0 aliphatic rings. The Balaban J connectivity index is 0.00000612. The van der Waals surface area contributed by atoms with Gasteiger partial charge in [-0.15, -0.1) is 0 Å². The second-order valence-electron chi connectivity index (χ2n) is 7.66. The van der Waals surface area contributed by atoms with E-state index in [1.165, 1.54) is 6.20 Å². The molecule has 2 aromatic rings. The van der Waals surface area contributed by atoms with E-state index in [4.69, 9.17) is 9.47 Å². The van der Waals surface area contributed by atoms with E-state index in [1.807, 2.05) is 0 Å². The number of hydrogen-bond acceptors (Lipinski definition) is 9. The number of halogens is 1. The van der Waals surface area contributed by atoms with Gasteiger partial charge in [-0.25, -0.2) is 18.2 Å². The van der Waals surface area contributed by atoms with Crippen molar-refractivity contribution in [1.29, 1.82) is 0 Å². The third-order valence-electron chi connectivity index (χ3n) is 4.91. The van der Waals surface area contributed by atoms with Gasteiger partial charge >= 0.3 is 41.5 Å². The van der Waals surface area contributed by atoms with Crippen molar-refractivity contribution in [1.82, 2.24) is 9.97 Å². The van der Waals surface area contributed by atoms with Gasteiger partial charge in [-0.1, -0.05) is 63.5 Å². The van der Waals surface area contributed by atoms with Gasteiger partial charge in [-0.05, 0) is 25.0 Å². The molecule has 0 fully saturated rings. The molecule has 0 bridgehead atoms. The molecule has 1 aromatic heterocycles. The zero-order valence-electron chi connectivity index (χ0n) is 20.0. The number of ether oxygens (including phenoxy) is 2. The van der Waals surface area contributed by atoms with Crippen LogP contribution < -0.4 is 34.3 Å². The zero-order chi connectivity index (χ0) is 24.7. The van der Waals surface area contributed by atoms with Crippen molar-refractivity contribution >= 4 is 16.4 Å². The quantitative estimate of drug-likeness (QED) is 0.0768. The molecule has 0 N–H and O–H groups in total. The summed E-state index contributed by atoms with van der Waals surface area (Å²) >= 11 is 0. The van der Waals surface area contributed by atoms with E-state index in [0.29, 0.717) is 13.0 Å². The molecule has 0 aliphatic carbocycles. The van der Waals surface area contributed by atoms with Crippen LogP contribution in [-0.4, -0.2) is 42.1 Å². The van der Waals surface area contributed by atoms with Crippen LogP contribution in [0.4, 0.5) is 4.39 Å². The van der Waals surface area contributed by atoms with Crippen LogP contribution in [0.2, 0.25) is 0 Å². The Morgan fingerprint density at radius 2 is 1.46 bits per heavy atom. The van der Waals surface area contributed by atoms with Gasteiger partial charge in [0.25, 0.3) is 0 Å². The maximum atomic E-state index is 13.2. The number of nitrogens with zero attached hydrogens (tertiary/aromatic N) is 2. The van der Waals surface area contributed by atoms with Crippen LogP contribution in [-0.2, 0) is 19.3 Å².